The Morgan fingerprint density at radius 2 is 2.35 bits per heavy atom. The molecule has 2 unspecified atom stereocenters. The first-order valence-electron chi connectivity index (χ1n) is 5.53. The van der Waals surface area contributed by atoms with Crippen LogP contribution in [0.5, 0.6) is 0 Å². The van der Waals surface area contributed by atoms with Crippen LogP contribution < -0.4 is 5.73 Å². The third-order valence-electron chi connectivity index (χ3n) is 3.12. The Labute approximate surface area is 100.0 Å². The number of nitrogens with zero attached hydrogens (tertiary/aromatic N) is 1. The number of hydrogen-bond acceptors (Lipinski definition) is 4. The zero-order valence-electron chi connectivity index (χ0n) is 9.34. The highest BCUT2D eigenvalue weighted by Gasteiger charge is 2.29. The smallest absolute Gasteiger partial charge is 0.150 e. The molecule has 2 heterocycles. The molecule has 0 saturated carbocycles. The van der Waals surface area contributed by atoms with Crippen LogP contribution in [-0.4, -0.2) is 24.9 Å². The number of hydrogen-bond donors (Lipinski definition) is 1. The van der Waals surface area contributed by atoms with Gasteiger partial charge < -0.3 is 5.73 Å². The number of aromatic nitrogens is 1. The molecule has 6 heteroatoms. The monoisotopic (exact) mass is 258 g/mol. The van der Waals surface area contributed by atoms with Crippen molar-refractivity contribution in [1.29, 1.82) is 0 Å². The molecule has 2 N–H and O–H groups in total. The summed E-state index contributed by atoms with van der Waals surface area (Å²) in [6, 6.07) is 1.08. The van der Waals surface area contributed by atoms with Gasteiger partial charge in [-0.1, -0.05) is 0 Å². The van der Waals surface area contributed by atoms with Crippen molar-refractivity contribution in [1.82, 2.24) is 4.98 Å². The van der Waals surface area contributed by atoms with E-state index in [0.717, 1.165) is 6.20 Å². The Morgan fingerprint density at radius 3 is 2.94 bits per heavy atom. The first-order valence-corrected chi connectivity index (χ1v) is 7.35. The lowest BCUT2D eigenvalue weighted by atomic mass is 9.95. The molecule has 0 aliphatic carbocycles. The van der Waals surface area contributed by atoms with Crippen LogP contribution in [-0.2, 0) is 9.84 Å². The number of rotatable bonds is 3. The third-order valence-corrected chi connectivity index (χ3v) is 4.95. The topological polar surface area (TPSA) is 73.1 Å². The maximum atomic E-state index is 13.4. The van der Waals surface area contributed by atoms with E-state index < -0.39 is 21.7 Å². The van der Waals surface area contributed by atoms with E-state index in [4.69, 9.17) is 5.73 Å². The summed E-state index contributed by atoms with van der Waals surface area (Å²) < 4.78 is 36.0. The van der Waals surface area contributed by atoms with Gasteiger partial charge in [-0.3, -0.25) is 4.98 Å². The Kier molecular flexibility index (Phi) is 3.44. The highest BCUT2D eigenvalue weighted by atomic mass is 32.2. The average Bonchev–Trinajstić information content (AvgIpc) is 2.58. The summed E-state index contributed by atoms with van der Waals surface area (Å²) in [5, 5.41) is 0. The van der Waals surface area contributed by atoms with E-state index in [1.54, 1.807) is 6.07 Å². The number of sulfone groups is 1. The molecule has 2 rings (SSSR count). The molecule has 0 aromatic carbocycles. The molecule has 0 radical (unpaired) electrons. The van der Waals surface area contributed by atoms with E-state index in [0.29, 0.717) is 18.4 Å². The van der Waals surface area contributed by atoms with E-state index in [9.17, 15) is 12.8 Å². The molecule has 2 atom stereocenters. The zero-order valence-corrected chi connectivity index (χ0v) is 10.2. The van der Waals surface area contributed by atoms with Gasteiger partial charge in [0, 0.05) is 17.8 Å². The minimum Gasteiger partial charge on any atom is -0.324 e. The summed E-state index contributed by atoms with van der Waals surface area (Å²) in [5.74, 6) is 0.0137. The van der Waals surface area contributed by atoms with Crippen molar-refractivity contribution in [2.24, 2.45) is 11.7 Å². The first kappa shape index (κ1) is 12.4. The second-order valence-corrected chi connectivity index (χ2v) is 6.74. The molecule has 0 bridgehead atoms. The molecule has 1 saturated heterocycles. The molecule has 1 aliphatic heterocycles. The predicted octanol–water partition coefficient (Wildman–Crippen LogP) is 1.05. The van der Waals surface area contributed by atoms with Crippen LogP contribution in [0.25, 0.3) is 0 Å². The highest BCUT2D eigenvalue weighted by Crippen LogP contribution is 2.28. The van der Waals surface area contributed by atoms with Crippen molar-refractivity contribution in [2.75, 3.05) is 11.5 Å². The Hall–Kier alpha value is -1.01. The quantitative estimate of drug-likeness (QED) is 0.879. The Balaban J connectivity index is 2.03. The standard InChI is InChI=1S/C11H15FN2O2S/c12-10-6-14-3-1-9(10)11(13)5-8-2-4-17(15,16)7-8/h1,3,6,8,11H,2,4-5,7,13H2. The van der Waals surface area contributed by atoms with Crippen LogP contribution in [0.3, 0.4) is 0 Å². The fourth-order valence-corrected chi connectivity index (χ4v) is 4.11. The molecular formula is C11H15FN2O2S. The van der Waals surface area contributed by atoms with Crippen LogP contribution >= 0.6 is 0 Å². The molecule has 1 aromatic heterocycles. The average molecular weight is 258 g/mol. The number of halogens is 1. The van der Waals surface area contributed by atoms with Gasteiger partial charge in [0.15, 0.2) is 9.84 Å². The summed E-state index contributed by atoms with van der Waals surface area (Å²) in [7, 11) is -2.90. The third kappa shape index (κ3) is 3.01. The van der Waals surface area contributed by atoms with Gasteiger partial charge in [0.25, 0.3) is 0 Å². The van der Waals surface area contributed by atoms with Gasteiger partial charge in [0.2, 0.25) is 0 Å². The zero-order chi connectivity index (χ0) is 12.5. The number of pyridine rings is 1. The van der Waals surface area contributed by atoms with Crippen LogP contribution in [0, 0.1) is 11.7 Å². The van der Waals surface area contributed by atoms with Crippen LogP contribution in [0.2, 0.25) is 0 Å². The van der Waals surface area contributed by atoms with Crippen molar-refractivity contribution in [3.63, 3.8) is 0 Å². The van der Waals surface area contributed by atoms with Crippen molar-refractivity contribution in [2.45, 2.75) is 18.9 Å². The van der Waals surface area contributed by atoms with Crippen LogP contribution in [0.4, 0.5) is 4.39 Å². The Morgan fingerprint density at radius 1 is 1.59 bits per heavy atom. The van der Waals surface area contributed by atoms with E-state index >= 15 is 0 Å². The molecule has 94 valence electrons. The lowest BCUT2D eigenvalue weighted by molar-refractivity contribution is 0.465. The molecule has 1 aromatic rings. The van der Waals surface area contributed by atoms with Crippen molar-refractivity contribution >= 4 is 9.84 Å². The van der Waals surface area contributed by atoms with E-state index in [1.165, 1.54) is 6.20 Å². The van der Waals surface area contributed by atoms with Gasteiger partial charge in [-0.2, -0.15) is 0 Å². The van der Waals surface area contributed by atoms with E-state index in [1.807, 2.05) is 0 Å². The van der Waals surface area contributed by atoms with Crippen LogP contribution in [0.1, 0.15) is 24.4 Å². The minimum atomic E-state index is -2.90. The van der Waals surface area contributed by atoms with Gasteiger partial charge in [0.05, 0.1) is 17.7 Å². The highest BCUT2D eigenvalue weighted by molar-refractivity contribution is 7.91. The van der Waals surface area contributed by atoms with Gasteiger partial charge in [-0.15, -0.1) is 0 Å². The summed E-state index contributed by atoms with van der Waals surface area (Å²) in [6.45, 7) is 0. The number of nitrogens with two attached hydrogens (primary N) is 1. The second kappa shape index (κ2) is 4.70. The van der Waals surface area contributed by atoms with Gasteiger partial charge in [-0.05, 0) is 24.8 Å². The summed E-state index contributed by atoms with van der Waals surface area (Å²) >= 11 is 0. The van der Waals surface area contributed by atoms with Crippen molar-refractivity contribution < 1.29 is 12.8 Å². The first-order chi connectivity index (χ1) is 7.98. The predicted molar refractivity (Wildman–Crippen MR) is 62.5 cm³/mol. The molecule has 0 spiro atoms. The second-order valence-electron chi connectivity index (χ2n) is 4.51. The normalized spacial score (nSPS) is 24.7. The largest absolute Gasteiger partial charge is 0.324 e. The van der Waals surface area contributed by atoms with Crippen LogP contribution in [0.15, 0.2) is 18.5 Å². The molecule has 0 amide bonds. The van der Waals surface area contributed by atoms with Gasteiger partial charge >= 0.3 is 0 Å². The molecule has 1 aliphatic rings. The molecular weight excluding hydrogens is 243 g/mol. The maximum absolute atomic E-state index is 13.4. The Bertz CT molecular complexity index is 504. The summed E-state index contributed by atoms with van der Waals surface area (Å²) in [6.07, 6.45) is 3.74. The maximum Gasteiger partial charge on any atom is 0.150 e. The van der Waals surface area contributed by atoms with Gasteiger partial charge in [-0.25, -0.2) is 12.8 Å². The summed E-state index contributed by atoms with van der Waals surface area (Å²) in [4.78, 5) is 3.66. The van der Waals surface area contributed by atoms with Gasteiger partial charge in [0.1, 0.15) is 5.82 Å². The van der Waals surface area contributed by atoms with E-state index in [2.05, 4.69) is 4.98 Å². The lowest BCUT2D eigenvalue weighted by Gasteiger charge is -2.16. The van der Waals surface area contributed by atoms with E-state index in [-0.39, 0.29) is 17.4 Å². The molecule has 17 heavy (non-hydrogen) atoms. The summed E-state index contributed by atoms with van der Waals surface area (Å²) in [5.41, 5.74) is 6.31. The fraction of sp³-hybridized carbons (Fsp3) is 0.545. The lowest BCUT2D eigenvalue weighted by Crippen LogP contribution is -2.17. The molecule has 4 nitrogen and oxygen atoms in total. The minimum absolute atomic E-state index is 0.0440. The van der Waals surface area contributed by atoms with Crippen molar-refractivity contribution in [3.05, 3.63) is 29.8 Å². The molecule has 1 fully saturated rings. The fourth-order valence-electron chi connectivity index (χ4n) is 2.23. The SMILES string of the molecule is NC(CC1CCS(=O)(=O)C1)c1ccncc1F. The van der Waals surface area contributed by atoms with Crippen molar-refractivity contribution in [3.8, 4) is 0 Å².